The van der Waals surface area contributed by atoms with Crippen molar-refractivity contribution in [3.63, 3.8) is 0 Å². The molecule has 0 radical (unpaired) electrons. The Morgan fingerprint density at radius 2 is 2.09 bits per heavy atom. The van der Waals surface area contributed by atoms with Crippen LogP contribution in [0.25, 0.3) is 0 Å². The molecule has 0 aromatic carbocycles. The number of carbonyl (C=O) groups is 2. The average molecular weight is 350 g/mol. The van der Waals surface area contributed by atoms with Crippen molar-refractivity contribution in [2.75, 3.05) is 7.11 Å². The first-order valence-electron chi connectivity index (χ1n) is 6.60. The molecular formula is C13H17Cl2N3O4. The second-order valence-corrected chi connectivity index (χ2v) is 5.51. The molecule has 7 nitrogen and oxygen atoms in total. The van der Waals surface area contributed by atoms with Crippen LogP contribution in [-0.4, -0.2) is 34.8 Å². The summed E-state index contributed by atoms with van der Waals surface area (Å²) in [5.41, 5.74) is -0.678. The Hall–Kier alpha value is -1.60. The molecule has 0 saturated carbocycles. The molecule has 1 N–H and O–H groups in total. The molecule has 0 saturated heterocycles. The summed E-state index contributed by atoms with van der Waals surface area (Å²) in [7, 11) is 1.24. The van der Waals surface area contributed by atoms with E-state index in [1.54, 1.807) is 0 Å². The lowest BCUT2D eigenvalue weighted by Gasteiger charge is -2.21. The number of hydrogen-bond acceptors (Lipinski definition) is 5. The number of aromatic nitrogens is 2. The highest BCUT2D eigenvalue weighted by Crippen LogP contribution is 2.14. The minimum absolute atomic E-state index is 0.00960. The molecule has 0 unspecified atom stereocenters. The molecule has 22 heavy (non-hydrogen) atoms. The van der Waals surface area contributed by atoms with Crippen molar-refractivity contribution in [3.8, 4) is 0 Å². The molecule has 0 spiro atoms. The van der Waals surface area contributed by atoms with E-state index in [1.165, 1.54) is 13.3 Å². The summed E-state index contributed by atoms with van der Waals surface area (Å²) in [5.74, 6) is -1.21. The predicted molar refractivity (Wildman–Crippen MR) is 81.9 cm³/mol. The smallest absolute Gasteiger partial charge is 0.328 e. The highest BCUT2D eigenvalue weighted by atomic mass is 35.5. The average Bonchev–Trinajstić information content (AvgIpc) is 2.51. The van der Waals surface area contributed by atoms with Gasteiger partial charge in [-0.1, -0.05) is 43.5 Å². The van der Waals surface area contributed by atoms with Crippen molar-refractivity contribution in [2.45, 2.75) is 32.9 Å². The van der Waals surface area contributed by atoms with Gasteiger partial charge in [-0.25, -0.2) is 9.48 Å². The fourth-order valence-corrected chi connectivity index (χ4v) is 1.98. The number of halogens is 2. The molecule has 9 heteroatoms. The molecule has 1 aromatic rings. The van der Waals surface area contributed by atoms with E-state index >= 15 is 0 Å². The van der Waals surface area contributed by atoms with Crippen molar-refractivity contribution in [1.82, 2.24) is 15.1 Å². The maximum Gasteiger partial charge on any atom is 0.328 e. The van der Waals surface area contributed by atoms with E-state index in [0.717, 1.165) is 4.68 Å². The monoisotopic (exact) mass is 349 g/mol. The van der Waals surface area contributed by atoms with Gasteiger partial charge in [0.05, 0.1) is 18.3 Å². The summed E-state index contributed by atoms with van der Waals surface area (Å²) < 4.78 is 5.54. The van der Waals surface area contributed by atoms with Gasteiger partial charge in [0.1, 0.15) is 17.6 Å². The lowest BCUT2D eigenvalue weighted by Crippen LogP contribution is -2.47. The Morgan fingerprint density at radius 3 is 2.64 bits per heavy atom. The number of rotatable bonds is 6. The van der Waals surface area contributed by atoms with Crippen molar-refractivity contribution >= 4 is 35.1 Å². The first-order valence-corrected chi connectivity index (χ1v) is 7.35. The van der Waals surface area contributed by atoms with E-state index in [9.17, 15) is 14.4 Å². The van der Waals surface area contributed by atoms with Crippen LogP contribution in [0.5, 0.6) is 0 Å². The van der Waals surface area contributed by atoms with Crippen LogP contribution in [0.3, 0.4) is 0 Å². The van der Waals surface area contributed by atoms with Crippen LogP contribution in [0, 0.1) is 5.92 Å². The Kier molecular flexibility index (Phi) is 6.83. The predicted octanol–water partition coefficient (Wildman–Crippen LogP) is 1.25. The van der Waals surface area contributed by atoms with E-state index in [4.69, 9.17) is 23.2 Å². The third-order valence-electron chi connectivity index (χ3n) is 3.22. The van der Waals surface area contributed by atoms with E-state index in [-0.39, 0.29) is 22.5 Å². The third-order valence-corrected chi connectivity index (χ3v) is 3.97. The number of hydrogen-bond donors (Lipinski definition) is 1. The molecular weight excluding hydrogens is 333 g/mol. The standard InChI is InChI=1S/C13H17Cl2N3O4/c1-4-7(2)11(13(21)22-3)17-9(19)6-18-12(20)10(15)8(14)5-16-18/h5,7,11H,4,6H2,1-3H3,(H,17,19)/t7-,11+/m0/s1. The Balaban J connectivity index is 2.86. The largest absolute Gasteiger partial charge is 0.467 e. The molecule has 0 aliphatic carbocycles. The summed E-state index contributed by atoms with van der Waals surface area (Å²) in [6, 6.07) is -0.791. The van der Waals surface area contributed by atoms with Crippen LogP contribution in [0.15, 0.2) is 11.0 Å². The molecule has 0 aliphatic rings. The molecule has 2 atom stereocenters. The van der Waals surface area contributed by atoms with Gasteiger partial charge >= 0.3 is 5.97 Å². The number of methoxy groups -OCH3 is 1. The van der Waals surface area contributed by atoms with Gasteiger partial charge < -0.3 is 10.1 Å². The van der Waals surface area contributed by atoms with Crippen LogP contribution >= 0.6 is 23.2 Å². The Labute approximate surface area is 137 Å². The van der Waals surface area contributed by atoms with Gasteiger partial charge in [-0.3, -0.25) is 9.59 Å². The maximum atomic E-state index is 12.0. The lowest BCUT2D eigenvalue weighted by molar-refractivity contribution is -0.146. The maximum absolute atomic E-state index is 12.0. The van der Waals surface area contributed by atoms with Gasteiger partial charge in [0, 0.05) is 0 Å². The van der Waals surface area contributed by atoms with Gasteiger partial charge in [0.25, 0.3) is 5.56 Å². The minimum atomic E-state index is -0.791. The van der Waals surface area contributed by atoms with Crippen molar-refractivity contribution in [2.24, 2.45) is 5.92 Å². The van der Waals surface area contributed by atoms with E-state index < -0.39 is 23.5 Å². The summed E-state index contributed by atoms with van der Waals surface area (Å²) >= 11 is 11.4. The zero-order valence-electron chi connectivity index (χ0n) is 12.4. The van der Waals surface area contributed by atoms with Crippen molar-refractivity contribution in [1.29, 1.82) is 0 Å². The number of nitrogens with one attached hydrogen (secondary N) is 1. The van der Waals surface area contributed by atoms with Crippen LogP contribution < -0.4 is 10.9 Å². The molecule has 1 rings (SSSR count). The molecule has 122 valence electrons. The zero-order valence-corrected chi connectivity index (χ0v) is 13.9. The number of carbonyl (C=O) groups excluding carboxylic acids is 2. The highest BCUT2D eigenvalue weighted by molar-refractivity contribution is 6.41. The first-order chi connectivity index (χ1) is 10.3. The number of amides is 1. The first kappa shape index (κ1) is 18.4. The van der Waals surface area contributed by atoms with E-state index in [0.29, 0.717) is 6.42 Å². The van der Waals surface area contributed by atoms with Crippen molar-refractivity contribution in [3.05, 3.63) is 26.6 Å². The van der Waals surface area contributed by atoms with Crippen LogP contribution in [0.4, 0.5) is 0 Å². The van der Waals surface area contributed by atoms with Crippen LogP contribution in [-0.2, 0) is 20.9 Å². The summed E-state index contributed by atoms with van der Waals surface area (Å²) in [6.45, 7) is 3.32. The molecule has 0 fully saturated rings. The quantitative estimate of drug-likeness (QED) is 0.780. The third kappa shape index (κ3) is 4.45. The van der Waals surface area contributed by atoms with Gasteiger partial charge in [-0.2, -0.15) is 5.10 Å². The molecule has 1 heterocycles. The van der Waals surface area contributed by atoms with Crippen LogP contribution in [0.1, 0.15) is 20.3 Å². The fraction of sp³-hybridized carbons (Fsp3) is 0.538. The summed E-state index contributed by atoms with van der Waals surface area (Å²) in [5, 5.41) is 6.06. The minimum Gasteiger partial charge on any atom is -0.467 e. The van der Waals surface area contributed by atoms with Gasteiger partial charge in [-0.05, 0) is 5.92 Å². The Bertz CT molecular complexity index is 618. The van der Waals surface area contributed by atoms with E-state index in [1.807, 2.05) is 13.8 Å². The topological polar surface area (TPSA) is 90.3 Å². The van der Waals surface area contributed by atoms with Crippen molar-refractivity contribution < 1.29 is 14.3 Å². The second-order valence-electron chi connectivity index (χ2n) is 4.72. The SMILES string of the molecule is CC[C@H](C)[C@@H](NC(=O)Cn1ncc(Cl)c(Cl)c1=O)C(=O)OC. The van der Waals surface area contributed by atoms with Gasteiger partial charge in [-0.15, -0.1) is 0 Å². The summed E-state index contributed by atoms with van der Waals surface area (Å²) in [6.07, 6.45) is 1.84. The molecule has 1 aromatic heterocycles. The lowest BCUT2D eigenvalue weighted by atomic mass is 9.99. The number of ether oxygens (including phenoxy) is 1. The number of esters is 1. The zero-order chi connectivity index (χ0) is 16.9. The second kappa shape index (κ2) is 8.14. The number of nitrogens with zero attached hydrogens (tertiary/aromatic N) is 2. The molecule has 1 amide bonds. The molecule has 0 aliphatic heterocycles. The summed E-state index contributed by atoms with van der Waals surface area (Å²) in [4.78, 5) is 35.5. The molecule has 0 bridgehead atoms. The fourth-order valence-electron chi connectivity index (χ4n) is 1.71. The van der Waals surface area contributed by atoms with Gasteiger partial charge in [0.15, 0.2) is 0 Å². The normalized spacial score (nSPS) is 13.3. The van der Waals surface area contributed by atoms with Gasteiger partial charge in [0.2, 0.25) is 5.91 Å². The highest BCUT2D eigenvalue weighted by Gasteiger charge is 2.26. The Morgan fingerprint density at radius 1 is 1.45 bits per heavy atom. The van der Waals surface area contributed by atoms with E-state index in [2.05, 4.69) is 15.2 Å². The van der Waals surface area contributed by atoms with Crippen LogP contribution in [0.2, 0.25) is 10.0 Å².